The van der Waals surface area contributed by atoms with Crippen molar-refractivity contribution in [3.63, 3.8) is 0 Å². The molecular formula is C21H25NO4. The van der Waals surface area contributed by atoms with E-state index in [1.165, 1.54) is 5.56 Å². The van der Waals surface area contributed by atoms with Gasteiger partial charge in [0.25, 0.3) is 0 Å². The fourth-order valence-corrected chi connectivity index (χ4v) is 2.40. The first-order chi connectivity index (χ1) is 12.6. The fourth-order valence-electron chi connectivity index (χ4n) is 2.40. The average molecular weight is 355 g/mol. The molecule has 0 heterocycles. The van der Waals surface area contributed by atoms with Crippen LogP contribution in [0.2, 0.25) is 0 Å². The molecule has 5 nitrogen and oxygen atoms in total. The molecule has 0 unspecified atom stereocenters. The lowest BCUT2D eigenvalue weighted by Crippen LogP contribution is -2.13. The van der Waals surface area contributed by atoms with E-state index in [0.29, 0.717) is 30.2 Å². The highest BCUT2D eigenvalue weighted by Gasteiger charge is 2.10. The van der Waals surface area contributed by atoms with E-state index in [4.69, 9.17) is 9.47 Å². The number of Topliss-reactive ketones (excluding diaryl/α,β-unsaturated/α-hetero) is 1. The van der Waals surface area contributed by atoms with Crippen LogP contribution in [0.3, 0.4) is 0 Å². The first kappa shape index (κ1) is 19.7. The molecule has 2 rings (SSSR count). The topological polar surface area (TPSA) is 64.6 Å². The van der Waals surface area contributed by atoms with Gasteiger partial charge in [0, 0.05) is 31.2 Å². The summed E-state index contributed by atoms with van der Waals surface area (Å²) in [7, 11) is 1.62. The van der Waals surface area contributed by atoms with Crippen LogP contribution in [0, 0.1) is 0 Å². The zero-order valence-electron chi connectivity index (χ0n) is 15.3. The maximum atomic E-state index is 12.2. The predicted molar refractivity (Wildman–Crippen MR) is 102 cm³/mol. The number of amides is 1. The summed E-state index contributed by atoms with van der Waals surface area (Å²) in [6, 6.07) is 14.6. The van der Waals surface area contributed by atoms with Crippen LogP contribution in [0.5, 0.6) is 5.75 Å². The number of ether oxygens (including phenoxy) is 2. The second kappa shape index (κ2) is 10.4. The third-order valence-electron chi connectivity index (χ3n) is 3.96. The van der Waals surface area contributed by atoms with Crippen molar-refractivity contribution in [2.75, 3.05) is 25.6 Å². The first-order valence-electron chi connectivity index (χ1n) is 8.76. The minimum Gasteiger partial charge on any atom is -0.491 e. The normalized spacial score (nSPS) is 10.4. The van der Waals surface area contributed by atoms with Crippen LogP contribution in [0.1, 0.15) is 35.7 Å². The van der Waals surface area contributed by atoms with Gasteiger partial charge in [-0.05, 0) is 36.2 Å². The number of hydrogen-bond acceptors (Lipinski definition) is 4. The van der Waals surface area contributed by atoms with Crippen molar-refractivity contribution in [2.24, 2.45) is 0 Å². The Morgan fingerprint density at radius 2 is 1.62 bits per heavy atom. The number of methoxy groups -OCH3 is 1. The molecule has 138 valence electrons. The monoisotopic (exact) mass is 355 g/mol. The molecule has 5 heteroatoms. The van der Waals surface area contributed by atoms with Gasteiger partial charge in [0.2, 0.25) is 5.91 Å². The van der Waals surface area contributed by atoms with Crippen molar-refractivity contribution in [2.45, 2.75) is 26.2 Å². The molecule has 0 saturated carbocycles. The van der Waals surface area contributed by atoms with E-state index < -0.39 is 0 Å². The molecular weight excluding hydrogens is 330 g/mol. The van der Waals surface area contributed by atoms with Crippen molar-refractivity contribution >= 4 is 17.4 Å². The van der Waals surface area contributed by atoms with Gasteiger partial charge in [-0.15, -0.1) is 0 Å². The van der Waals surface area contributed by atoms with E-state index in [0.717, 1.165) is 6.42 Å². The smallest absolute Gasteiger partial charge is 0.224 e. The zero-order chi connectivity index (χ0) is 18.8. The molecule has 0 aromatic heterocycles. The van der Waals surface area contributed by atoms with Crippen molar-refractivity contribution < 1.29 is 19.1 Å². The summed E-state index contributed by atoms with van der Waals surface area (Å²) in [6.07, 6.45) is 1.28. The number of benzene rings is 2. The maximum absolute atomic E-state index is 12.2. The third kappa shape index (κ3) is 6.33. The summed E-state index contributed by atoms with van der Waals surface area (Å²) >= 11 is 0. The lowest BCUT2D eigenvalue weighted by molar-refractivity contribution is -0.116. The zero-order valence-corrected chi connectivity index (χ0v) is 15.3. The largest absolute Gasteiger partial charge is 0.491 e. The van der Waals surface area contributed by atoms with Crippen LogP contribution in [0.15, 0.2) is 48.5 Å². The van der Waals surface area contributed by atoms with Gasteiger partial charge in [0.05, 0.1) is 6.61 Å². The third-order valence-corrected chi connectivity index (χ3v) is 3.96. The number of aryl methyl sites for hydroxylation is 1. The summed E-state index contributed by atoms with van der Waals surface area (Å²) in [6.45, 7) is 3.07. The molecule has 0 aliphatic heterocycles. The molecule has 0 radical (unpaired) electrons. The average Bonchev–Trinajstić information content (AvgIpc) is 2.68. The van der Waals surface area contributed by atoms with Crippen molar-refractivity contribution in [3.8, 4) is 5.75 Å². The second-order valence-electron chi connectivity index (χ2n) is 5.89. The minimum atomic E-state index is -0.184. The van der Waals surface area contributed by atoms with E-state index in [1.54, 1.807) is 31.4 Å². The quantitative estimate of drug-likeness (QED) is 0.519. The van der Waals surface area contributed by atoms with Crippen LogP contribution >= 0.6 is 0 Å². The van der Waals surface area contributed by atoms with E-state index in [1.807, 2.05) is 24.3 Å². The van der Waals surface area contributed by atoms with Gasteiger partial charge in [-0.1, -0.05) is 31.2 Å². The van der Waals surface area contributed by atoms with Crippen LogP contribution in [-0.4, -0.2) is 32.0 Å². The molecule has 0 atom stereocenters. The predicted octanol–water partition coefficient (Wildman–Crippen LogP) is 3.88. The molecule has 0 saturated heterocycles. The molecule has 0 spiro atoms. The molecule has 0 aliphatic rings. The van der Waals surface area contributed by atoms with Crippen LogP contribution < -0.4 is 10.1 Å². The Morgan fingerprint density at radius 1 is 0.923 bits per heavy atom. The standard InChI is InChI=1S/C21H25NO4/c1-3-16-4-6-17(7-5-16)20(23)12-13-21(24)22-18-8-10-19(11-9-18)26-15-14-25-2/h4-11H,3,12-15H2,1-2H3,(H,22,24). The SMILES string of the molecule is CCc1ccc(C(=O)CCC(=O)Nc2ccc(OCCOC)cc2)cc1. The summed E-state index contributed by atoms with van der Waals surface area (Å²) in [5.74, 6) is 0.507. The second-order valence-corrected chi connectivity index (χ2v) is 5.89. The Bertz CT molecular complexity index is 708. The highest BCUT2D eigenvalue weighted by molar-refractivity contribution is 6.00. The molecule has 2 aromatic rings. The molecule has 1 amide bonds. The molecule has 26 heavy (non-hydrogen) atoms. The highest BCUT2D eigenvalue weighted by Crippen LogP contribution is 2.16. The van der Waals surface area contributed by atoms with Crippen molar-refractivity contribution in [3.05, 3.63) is 59.7 Å². The molecule has 0 aliphatic carbocycles. The minimum absolute atomic E-state index is 0.0234. The number of nitrogens with one attached hydrogen (secondary N) is 1. The Labute approximate surface area is 154 Å². The number of hydrogen-bond donors (Lipinski definition) is 1. The fraction of sp³-hybridized carbons (Fsp3) is 0.333. The number of anilines is 1. The van der Waals surface area contributed by atoms with Gasteiger partial charge in [0.1, 0.15) is 12.4 Å². The summed E-state index contributed by atoms with van der Waals surface area (Å²) in [4.78, 5) is 24.2. The van der Waals surface area contributed by atoms with E-state index in [9.17, 15) is 9.59 Å². The van der Waals surface area contributed by atoms with Crippen LogP contribution in [0.25, 0.3) is 0 Å². The number of carbonyl (C=O) groups is 2. The van der Waals surface area contributed by atoms with Gasteiger partial charge in [-0.3, -0.25) is 9.59 Å². The summed E-state index contributed by atoms with van der Waals surface area (Å²) in [5.41, 5.74) is 2.51. The van der Waals surface area contributed by atoms with Gasteiger partial charge < -0.3 is 14.8 Å². The summed E-state index contributed by atoms with van der Waals surface area (Å²) < 4.78 is 10.4. The number of rotatable bonds is 10. The first-order valence-corrected chi connectivity index (χ1v) is 8.76. The van der Waals surface area contributed by atoms with Gasteiger partial charge in [0.15, 0.2) is 5.78 Å². The molecule has 0 fully saturated rings. The van der Waals surface area contributed by atoms with E-state index in [2.05, 4.69) is 12.2 Å². The Hall–Kier alpha value is -2.66. The number of ketones is 1. The Morgan fingerprint density at radius 3 is 2.23 bits per heavy atom. The van der Waals surface area contributed by atoms with Crippen molar-refractivity contribution in [1.82, 2.24) is 0 Å². The van der Waals surface area contributed by atoms with Crippen molar-refractivity contribution in [1.29, 1.82) is 0 Å². The summed E-state index contributed by atoms with van der Waals surface area (Å²) in [5, 5.41) is 2.79. The van der Waals surface area contributed by atoms with E-state index in [-0.39, 0.29) is 24.5 Å². The Balaban J connectivity index is 1.77. The Kier molecular flexibility index (Phi) is 7.83. The lowest BCUT2D eigenvalue weighted by atomic mass is 10.0. The van der Waals surface area contributed by atoms with Gasteiger partial charge in [-0.2, -0.15) is 0 Å². The van der Waals surface area contributed by atoms with Gasteiger partial charge >= 0.3 is 0 Å². The van der Waals surface area contributed by atoms with Crippen LogP contribution in [0.4, 0.5) is 5.69 Å². The highest BCUT2D eigenvalue weighted by atomic mass is 16.5. The molecule has 1 N–H and O–H groups in total. The molecule has 0 bridgehead atoms. The van der Waals surface area contributed by atoms with Crippen LogP contribution in [-0.2, 0) is 16.0 Å². The van der Waals surface area contributed by atoms with E-state index >= 15 is 0 Å². The maximum Gasteiger partial charge on any atom is 0.224 e. The number of carbonyl (C=O) groups excluding carboxylic acids is 2. The molecule has 2 aromatic carbocycles. The van der Waals surface area contributed by atoms with Gasteiger partial charge in [-0.25, -0.2) is 0 Å². The lowest BCUT2D eigenvalue weighted by Gasteiger charge is -2.08.